The van der Waals surface area contributed by atoms with E-state index in [9.17, 15) is 18.0 Å². The molecule has 1 saturated heterocycles. The van der Waals surface area contributed by atoms with Gasteiger partial charge in [0, 0.05) is 26.9 Å². The van der Waals surface area contributed by atoms with Crippen LogP contribution in [-0.2, 0) is 18.0 Å². The van der Waals surface area contributed by atoms with Crippen LogP contribution in [0.5, 0.6) is 11.5 Å². The average molecular weight is 590 g/mol. The number of fused-ring (bicyclic) bond motifs is 2. The highest BCUT2D eigenvalue weighted by Gasteiger charge is 2.33. The maximum Gasteiger partial charge on any atom is 0.417 e. The van der Waals surface area contributed by atoms with Gasteiger partial charge in [-0.15, -0.1) is 0 Å². The number of nitrogens with one attached hydrogen (secondary N) is 2. The summed E-state index contributed by atoms with van der Waals surface area (Å²) >= 11 is 6.69. The first kappa shape index (κ1) is 26.8. The Bertz CT molecular complexity index is 1830. The number of aryl methyl sites for hydroxylation is 1. The van der Waals surface area contributed by atoms with E-state index >= 15 is 0 Å². The fourth-order valence-electron chi connectivity index (χ4n) is 4.66. The Balaban J connectivity index is 1.36. The van der Waals surface area contributed by atoms with Crippen LogP contribution in [0, 0.1) is 0 Å². The second-order valence-electron chi connectivity index (χ2n) is 9.41. The van der Waals surface area contributed by atoms with E-state index < -0.39 is 23.3 Å². The highest BCUT2D eigenvalue weighted by Crippen LogP contribution is 2.37. The van der Waals surface area contributed by atoms with Crippen LogP contribution in [0.1, 0.15) is 24.4 Å². The molecular formula is C25H23ClF3N9O3. The molecule has 1 fully saturated rings. The Morgan fingerprint density at radius 1 is 1.17 bits per heavy atom. The Hall–Kier alpha value is -4.37. The van der Waals surface area contributed by atoms with Gasteiger partial charge in [0.05, 0.1) is 43.0 Å². The van der Waals surface area contributed by atoms with E-state index in [2.05, 4.69) is 30.7 Å². The third kappa shape index (κ3) is 4.91. The van der Waals surface area contributed by atoms with Crippen LogP contribution >= 0.6 is 11.6 Å². The van der Waals surface area contributed by atoms with Gasteiger partial charge >= 0.3 is 6.18 Å². The largest absolute Gasteiger partial charge is 0.450 e. The van der Waals surface area contributed by atoms with E-state index in [1.165, 1.54) is 17.0 Å². The predicted molar refractivity (Wildman–Crippen MR) is 144 cm³/mol. The average Bonchev–Trinajstić information content (AvgIpc) is 3.51. The van der Waals surface area contributed by atoms with Gasteiger partial charge in [-0.2, -0.15) is 23.3 Å². The Labute approximate surface area is 234 Å². The minimum absolute atomic E-state index is 0.0641. The van der Waals surface area contributed by atoms with Gasteiger partial charge in [0.1, 0.15) is 27.6 Å². The van der Waals surface area contributed by atoms with Crippen molar-refractivity contribution in [1.29, 1.82) is 0 Å². The minimum Gasteiger partial charge on any atom is -0.450 e. The number of aromatic nitrogens is 7. The summed E-state index contributed by atoms with van der Waals surface area (Å²) in [6.45, 7) is 0.648. The van der Waals surface area contributed by atoms with Crippen LogP contribution in [0.2, 0.25) is 5.02 Å². The van der Waals surface area contributed by atoms with Gasteiger partial charge in [-0.3, -0.25) is 4.79 Å². The molecule has 0 bridgehead atoms. The maximum atomic E-state index is 13.8. The van der Waals surface area contributed by atoms with Crippen LogP contribution in [0.25, 0.3) is 16.7 Å². The summed E-state index contributed by atoms with van der Waals surface area (Å²) in [4.78, 5) is 26.2. The molecule has 1 aliphatic heterocycles. The number of imidazole rings is 1. The highest BCUT2D eigenvalue weighted by molar-refractivity contribution is 6.36. The van der Waals surface area contributed by atoms with Gasteiger partial charge < -0.3 is 29.2 Å². The number of anilines is 3. The van der Waals surface area contributed by atoms with Crippen molar-refractivity contribution in [3.05, 3.63) is 58.0 Å². The van der Waals surface area contributed by atoms with Crippen molar-refractivity contribution in [2.45, 2.75) is 25.1 Å². The molecule has 41 heavy (non-hydrogen) atoms. The summed E-state index contributed by atoms with van der Waals surface area (Å²) in [5.41, 5.74) is -0.785. The predicted octanol–water partition coefficient (Wildman–Crippen LogP) is 4.77. The van der Waals surface area contributed by atoms with Gasteiger partial charge in [0.25, 0.3) is 5.56 Å². The lowest BCUT2D eigenvalue weighted by Gasteiger charge is -2.25. The summed E-state index contributed by atoms with van der Waals surface area (Å²) < 4.78 is 56.9. The monoisotopic (exact) mass is 589 g/mol. The van der Waals surface area contributed by atoms with Gasteiger partial charge in [0.15, 0.2) is 17.1 Å². The van der Waals surface area contributed by atoms with E-state index in [4.69, 9.17) is 21.1 Å². The molecule has 0 aliphatic carbocycles. The van der Waals surface area contributed by atoms with Crippen LogP contribution in [0.3, 0.4) is 0 Å². The summed E-state index contributed by atoms with van der Waals surface area (Å²) in [5.74, 6) is 1.25. The molecule has 5 aromatic rings. The maximum absolute atomic E-state index is 13.8. The smallest absolute Gasteiger partial charge is 0.417 e. The molecule has 2 N–H and O–H groups in total. The topological polar surface area (TPSA) is 125 Å². The standard InChI is InChI=1S/C25H23ClF3N9O3/c1-30-19-11-38-16(7-31-19)17(9-33-38)41-18-8-32-22-21(20(18)26)36(2)24(35-22)34-15-6-13(25(27,28)29)10-37(23(15)39)14-4-3-5-40-12-14/h6-11,14,30H,3-5,12H2,1-2H3,(H,32,34,35)/t14-/m1/s1. The quantitative estimate of drug-likeness (QED) is 0.288. The van der Waals surface area contributed by atoms with Gasteiger partial charge in [-0.05, 0) is 18.9 Å². The van der Waals surface area contributed by atoms with Crippen molar-refractivity contribution in [3.63, 3.8) is 0 Å². The Kier molecular flexibility index (Phi) is 6.69. The van der Waals surface area contributed by atoms with Crippen molar-refractivity contribution in [3.8, 4) is 11.5 Å². The molecule has 0 unspecified atom stereocenters. The molecular weight excluding hydrogens is 567 g/mol. The van der Waals surface area contributed by atoms with E-state index in [0.29, 0.717) is 42.0 Å². The van der Waals surface area contributed by atoms with Crippen molar-refractivity contribution >= 4 is 45.7 Å². The number of pyridine rings is 2. The molecule has 5 aromatic heterocycles. The SMILES string of the molecule is CNc1cn2ncc(Oc3cnc4nc(Nc5cc(C(F)(F)F)cn([C@@H]6CCCOC6)c5=O)n(C)c4c3Cl)c2cn1. The molecule has 0 aromatic carbocycles. The fourth-order valence-corrected chi connectivity index (χ4v) is 4.96. The lowest BCUT2D eigenvalue weighted by atomic mass is 10.1. The van der Waals surface area contributed by atoms with Crippen LogP contribution < -0.4 is 20.9 Å². The van der Waals surface area contributed by atoms with Crippen LogP contribution in [0.4, 0.5) is 30.6 Å². The van der Waals surface area contributed by atoms with E-state index in [1.54, 1.807) is 31.0 Å². The third-order valence-corrected chi connectivity index (χ3v) is 7.16. The molecule has 1 atom stereocenters. The van der Waals surface area contributed by atoms with Crippen LogP contribution in [0.15, 0.2) is 41.8 Å². The lowest BCUT2D eigenvalue weighted by Crippen LogP contribution is -2.32. The molecule has 6 heterocycles. The zero-order valence-corrected chi connectivity index (χ0v) is 22.5. The number of halogens is 4. The molecule has 214 valence electrons. The molecule has 6 rings (SSSR count). The lowest BCUT2D eigenvalue weighted by molar-refractivity contribution is -0.138. The zero-order chi connectivity index (χ0) is 28.9. The number of nitrogens with zero attached hydrogens (tertiary/aromatic N) is 7. The first-order valence-electron chi connectivity index (χ1n) is 12.5. The molecule has 0 spiro atoms. The van der Waals surface area contributed by atoms with Gasteiger partial charge in [-0.25, -0.2) is 14.5 Å². The summed E-state index contributed by atoms with van der Waals surface area (Å²) in [7, 11) is 3.33. The number of hydrogen-bond acceptors (Lipinski definition) is 9. The molecule has 12 nitrogen and oxygen atoms in total. The number of ether oxygens (including phenoxy) is 2. The number of rotatable bonds is 6. The van der Waals surface area contributed by atoms with Crippen molar-refractivity contribution in [2.24, 2.45) is 7.05 Å². The molecule has 1 aliphatic rings. The summed E-state index contributed by atoms with van der Waals surface area (Å²) in [5, 5.41) is 10.1. The van der Waals surface area contributed by atoms with Crippen molar-refractivity contribution in [1.82, 2.24) is 33.7 Å². The Morgan fingerprint density at radius 2 is 2.00 bits per heavy atom. The first-order chi connectivity index (χ1) is 19.6. The summed E-state index contributed by atoms with van der Waals surface area (Å²) in [6.07, 6.45) is 3.47. The van der Waals surface area contributed by atoms with E-state index in [1.807, 2.05) is 0 Å². The zero-order valence-electron chi connectivity index (χ0n) is 21.7. The van der Waals surface area contributed by atoms with E-state index in [-0.39, 0.29) is 34.7 Å². The number of hydrogen-bond donors (Lipinski definition) is 2. The van der Waals surface area contributed by atoms with Gasteiger partial charge in [-0.1, -0.05) is 11.6 Å². The fraction of sp³-hybridized carbons (Fsp3) is 0.320. The normalized spacial score (nSPS) is 15.9. The van der Waals surface area contributed by atoms with Gasteiger partial charge in [0.2, 0.25) is 5.95 Å². The molecule has 0 amide bonds. The van der Waals surface area contributed by atoms with E-state index in [0.717, 1.165) is 16.8 Å². The molecule has 0 saturated carbocycles. The Morgan fingerprint density at radius 3 is 2.73 bits per heavy atom. The van der Waals surface area contributed by atoms with Crippen molar-refractivity contribution in [2.75, 3.05) is 30.9 Å². The third-order valence-electron chi connectivity index (χ3n) is 6.80. The molecule has 16 heteroatoms. The first-order valence-corrected chi connectivity index (χ1v) is 12.9. The van der Waals surface area contributed by atoms with Crippen molar-refractivity contribution < 1.29 is 22.6 Å². The number of alkyl halides is 3. The highest BCUT2D eigenvalue weighted by atomic mass is 35.5. The van der Waals surface area contributed by atoms with Crippen LogP contribution in [-0.4, -0.2) is 54.0 Å². The minimum atomic E-state index is -4.67. The summed E-state index contributed by atoms with van der Waals surface area (Å²) in [6, 6.07) is 0.250. The molecule has 0 radical (unpaired) electrons. The second kappa shape index (κ2) is 10.2. The second-order valence-corrected chi connectivity index (χ2v) is 9.79.